The molecule has 1 aromatic carbocycles. The van der Waals surface area contributed by atoms with Crippen molar-refractivity contribution in [1.29, 1.82) is 0 Å². The second-order valence-corrected chi connectivity index (χ2v) is 3.54. The van der Waals surface area contributed by atoms with E-state index in [2.05, 4.69) is 5.32 Å². The van der Waals surface area contributed by atoms with Crippen LogP contribution in [0, 0.1) is 12.7 Å². The Morgan fingerprint density at radius 1 is 1.50 bits per heavy atom. The molecule has 2 N–H and O–H groups in total. The first kappa shape index (κ1) is 11.1. The van der Waals surface area contributed by atoms with Crippen LogP contribution >= 0.6 is 0 Å². The van der Waals surface area contributed by atoms with E-state index >= 15 is 0 Å². The topological polar surface area (TPSA) is 32.3 Å². The number of aryl methyl sites for hydroxylation is 1. The molecule has 0 amide bonds. The molecule has 0 saturated carbocycles. The smallest absolute Gasteiger partial charge is 0.123 e. The lowest BCUT2D eigenvalue weighted by Gasteiger charge is -2.12. The van der Waals surface area contributed by atoms with E-state index in [1.54, 1.807) is 6.07 Å². The van der Waals surface area contributed by atoms with Gasteiger partial charge < -0.3 is 10.4 Å². The molecule has 14 heavy (non-hydrogen) atoms. The SMILES string of the molecule is Cc1cc(F)ccc1CNC(C)CO. The van der Waals surface area contributed by atoms with Crippen molar-refractivity contribution in [3.63, 3.8) is 0 Å². The molecule has 0 fully saturated rings. The quantitative estimate of drug-likeness (QED) is 0.768. The number of halogens is 1. The zero-order valence-corrected chi connectivity index (χ0v) is 8.55. The molecule has 1 rings (SSSR count). The summed E-state index contributed by atoms with van der Waals surface area (Å²) in [6, 6.07) is 4.80. The maximum Gasteiger partial charge on any atom is 0.123 e. The van der Waals surface area contributed by atoms with E-state index in [1.807, 2.05) is 13.8 Å². The molecule has 0 bridgehead atoms. The number of hydrogen-bond donors (Lipinski definition) is 2. The number of rotatable bonds is 4. The predicted octanol–water partition coefficient (Wildman–Crippen LogP) is 1.60. The maximum atomic E-state index is 12.8. The highest BCUT2D eigenvalue weighted by molar-refractivity contribution is 5.26. The largest absolute Gasteiger partial charge is 0.395 e. The summed E-state index contributed by atoms with van der Waals surface area (Å²) in [5.74, 6) is -0.207. The van der Waals surface area contributed by atoms with Gasteiger partial charge in [0.25, 0.3) is 0 Å². The van der Waals surface area contributed by atoms with Crippen molar-refractivity contribution >= 4 is 0 Å². The first-order valence-electron chi connectivity index (χ1n) is 4.72. The molecule has 0 saturated heterocycles. The third-order valence-electron chi connectivity index (χ3n) is 2.22. The second-order valence-electron chi connectivity index (χ2n) is 3.54. The standard InChI is InChI=1S/C11H16FNO/c1-8-5-11(12)4-3-10(8)6-13-9(2)7-14/h3-5,9,13-14H,6-7H2,1-2H3. The van der Waals surface area contributed by atoms with Crippen LogP contribution in [0.15, 0.2) is 18.2 Å². The lowest BCUT2D eigenvalue weighted by Crippen LogP contribution is -2.28. The molecule has 1 unspecified atom stereocenters. The predicted molar refractivity (Wildman–Crippen MR) is 54.5 cm³/mol. The van der Waals surface area contributed by atoms with E-state index in [1.165, 1.54) is 12.1 Å². The van der Waals surface area contributed by atoms with Gasteiger partial charge >= 0.3 is 0 Å². The van der Waals surface area contributed by atoms with Gasteiger partial charge in [-0.2, -0.15) is 0 Å². The van der Waals surface area contributed by atoms with E-state index in [9.17, 15) is 4.39 Å². The van der Waals surface area contributed by atoms with Crippen LogP contribution in [0.2, 0.25) is 0 Å². The van der Waals surface area contributed by atoms with Gasteiger partial charge in [-0.3, -0.25) is 0 Å². The van der Waals surface area contributed by atoms with Crippen LogP contribution in [0.4, 0.5) is 4.39 Å². The lowest BCUT2D eigenvalue weighted by atomic mass is 10.1. The van der Waals surface area contributed by atoms with Crippen LogP contribution in [0.1, 0.15) is 18.1 Å². The number of benzene rings is 1. The first-order chi connectivity index (χ1) is 6.63. The van der Waals surface area contributed by atoms with Crippen molar-refractivity contribution in [1.82, 2.24) is 5.32 Å². The zero-order valence-electron chi connectivity index (χ0n) is 8.55. The van der Waals surface area contributed by atoms with E-state index in [0.717, 1.165) is 11.1 Å². The van der Waals surface area contributed by atoms with Gasteiger partial charge in [-0.25, -0.2) is 4.39 Å². The summed E-state index contributed by atoms with van der Waals surface area (Å²) in [5, 5.41) is 11.9. The van der Waals surface area contributed by atoms with Gasteiger partial charge in [-0.05, 0) is 37.1 Å². The Kier molecular flexibility index (Phi) is 4.04. The highest BCUT2D eigenvalue weighted by atomic mass is 19.1. The summed E-state index contributed by atoms with van der Waals surface area (Å²) in [7, 11) is 0. The van der Waals surface area contributed by atoms with Crippen LogP contribution in [0.5, 0.6) is 0 Å². The summed E-state index contributed by atoms with van der Waals surface area (Å²) >= 11 is 0. The van der Waals surface area contributed by atoms with E-state index in [4.69, 9.17) is 5.11 Å². The normalized spacial score (nSPS) is 12.9. The van der Waals surface area contributed by atoms with E-state index < -0.39 is 0 Å². The van der Waals surface area contributed by atoms with Gasteiger partial charge in [0.2, 0.25) is 0 Å². The van der Waals surface area contributed by atoms with Crippen LogP contribution < -0.4 is 5.32 Å². The van der Waals surface area contributed by atoms with Gasteiger partial charge in [-0.1, -0.05) is 6.07 Å². The minimum absolute atomic E-state index is 0.0689. The molecule has 1 atom stereocenters. The Balaban J connectivity index is 2.59. The Bertz CT molecular complexity index is 301. The molecular formula is C11H16FNO. The molecule has 78 valence electrons. The Hall–Kier alpha value is -0.930. The zero-order chi connectivity index (χ0) is 10.6. The Morgan fingerprint density at radius 3 is 2.79 bits per heavy atom. The van der Waals surface area contributed by atoms with Crippen molar-refractivity contribution in [2.45, 2.75) is 26.4 Å². The van der Waals surface area contributed by atoms with Crippen LogP contribution in [0.25, 0.3) is 0 Å². The fourth-order valence-electron chi connectivity index (χ4n) is 1.21. The number of aliphatic hydroxyl groups is 1. The van der Waals surface area contributed by atoms with Gasteiger partial charge in [0, 0.05) is 12.6 Å². The summed E-state index contributed by atoms with van der Waals surface area (Å²) in [6.07, 6.45) is 0. The Morgan fingerprint density at radius 2 is 2.21 bits per heavy atom. The van der Waals surface area contributed by atoms with Crippen LogP contribution in [-0.4, -0.2) is 17.8 Å². The number of aliphatic hydroxyl groups excluding tert-OH is 1. The van der Waals surface area contributed by atoms with Gasteiger partial charge in [-0.15, -0.1) is 0 Å². The molecule has 1 aromatic rings. The molecule has 0 aliphatic rings. The summed E-state index contributed by atoms with van der Waals surface area (Å²) in [4.78, 5) is 0. The highest BCUT2D eigenvalue weighted by Gasteiger charge is 2.02. The van der Waals surface area contributed by atoms with Gasteiger partial charge in [0.1, 0.15) is 5.82 Å². The minimum Gasteiger partial charge on any atom is -0.395 e. The van der Waals surface area contributed by atoms with Gasteiger partial charge in [0.05, 0.1) is 6.61 Å². The molecule has 0 heterocycles. The molecule has 0 aliphatic carbocycles. The molecule has 0 aromatic heterocycles. The van der Waals surface area contributed by atoms with Crippen LogP contribution in [0.3, 0.4) is 0 Å². The molecular weight excluding hydrogens is 181 g/mol. The average Bonchev–Trinajstić information content (AvgIpc) is 2.16. The van der Waals surface area contributed by atoms with Crippen molar-refractivity contribution in [2.75, 3.05) is 6.61 Å². The second kappa shape index (κ2) is 5.08. The summed E-state index contributed by atoms with van der Waals surface area (Å²) in [6.45, 7) is 4.55. The number of hydrogen-bond acceptors (Lipinski definition) is 2. The fourth-order valence-corrected chi connectivity index (χ4v) is 1.21. The van der Waals surface area contributed by atoms with Crippen molar-refractivity contribution in [2.24, 2.45) is 0 Å². The molecule has 3 heteroatoms. The molecule has 0 radical (unpaired) electrons. The number of nitrogens with one attached hydrogen (secondary N) is 1. The first-order valence-corrected chi connectivity index (χ1v) is 4.72. The fraction of sp³-hybridized carbons (Fsp3) is 0.455. The summed E-state index contributed by atoms with van der Waals surface area (Å²) in [5.41, 5.74) is 1.99. The monoisotopic (exact) mass is 197 g/mol. The third kappa shape index (κ3) is 3.09. The van der Waals surface area contributed by atoms with Crippen molar-refractivity contribution in [3.05, 3.63) is 35.1 Å². The summed E-state index contributed by atoms with van der Waals surface area (Å²) < 4.78 is 12.8. The molecule has 0 spiro atoms. The van der Waals surface area contributed by atoms with E-state index in [0.29, 0.717) is 6.54 Å². The van der Waals surface area contributed by atoms with Crippen LogP contribution in [-0.2, 0) is 6.54 Å². The average molecular weight is 197 g/mol. The third-order valence-corrected chi connectivity index (χ3v) is 2.22. The lowest BCUT2D eigenvalue weighted by molar-refractivity contribution is 0.251. The van der Waals surface area contributed by atoms with Crippen molar-refractivity contribution in [3.8, 4) is 0 Å². The molecule has 0 aliphatic heterocycles. The maximum absolute atomic E-state index is 12.8. The van der Waals surface area contributed by atoms with Crippen molar-refractivity contribution < 1.29 is 9.50 Å². The molecule has 2 nitrogen and oxygen atoms in total. The minimum atomic E-state index is -0.207. The Labute approximate surface area is 83.8 Å². The van der Waals surface area contributed by atoms with E-state index in [-0.39, 0.29) is 18.5 Å². The van der Waals surface area contributed by atoms with Gasteiger partial charge in [0.15, 0.2) is 0 Å². The highest BCUT2D eigenvalue weighted by Crippen LogP contribution is 2.09.